The van der Waals surface area contributed by atoms with Crippen molar-refractivity contribution in [2.75, 3.05) is 18.6 Å². The molecule has 3 rings (SSSR count). The number of likely N-dealkylation sites (tertiary alicyclic amines) is 1. The van der Waals surface area contributed by atoms with Gasteiger partial charge >= 0.3 is 0 Å². The first-order chi connectivity index (χ1) is 9.47. The van der Waals surface area contributed by atoms with Gasteiger partial charge in [0, 0.05) is 12.1 Å². The number of aliphatic hydroxyl groups excluding tert-OH is 2. The largest absolute Gasteiger partial charge is 0.391 e. The Balaban J connectivity index is 1.69. The van der Waals surface area contributed by atoms with Crippen molar-refractivity contribution >= 4 is 41.3 Å². The number of aliphatic hydroxyl groups is 2. The molecule has 3 aliphatic heterocycles. The lowest BCUT2D eigenvalue weighted by Gasteiger charge is -2.33. The van der Waals surface area contributed by atoms with Gasteiger partial charge in [0.25, 0.3) is 0 Å². The Morgan fingerprint density at radius 3 is 1.65 bits per heavy atom. The van der Waals surface area contributed by atoms with Gasteiger partial charge in [0.2, 0.25) is 0 Å². The summed E-state index contributed by atoms with van der Waals surface area (Å²) in [6, 6.07) is 0.376. The molecule has 3 aliphatic rings. The van der Waals surface area contributed by atoms with Crippen LogP contribution >= 0.6 is 21.6 Å². The zero-order valence-electron chi connectivity index (χ0n) is 11.1. The van der Waals surface area contributed by atoms with Crippen molar-refractivity contribution in [1.82, 2.24) is 4.90 Å². The van der Waals surface area contributed by atoms with Crippen LogP contribution in [0.5, 0.6) is 0 Å². The summed E-state index contributed by atoms with van der Waals surface area (Å²) >= 11 is 0. The standard InChI is InChI=1S/C11H19NO4S4/c1-12-6(10-8(13)4-19(15)17-10)2-3-7(12)11-9(14)5-20(16)18-11/h6-11,13-14H,2-5H2,1H3. The van der Waals surface area contributed by atoms with Crippen LogP contribution in [0.25, 0.3) is 0 Å². The minimum Gasteiger partial charge on any atom is -0.391 e. The fraction of sp³-hybridized carbons (Fsp3) is 1.00. The first-order valence-corrected chi connectivity index (χ1v) is 12.1. The summed E-state index contributed by atoms with van der Waals surface area (Å²) in [4.78, 5) is 2.20. The molecule has 8 unspecified atom stereocenters. The third-order valence-electron chi connectivity index (χ3n) is 4.37. The molecule has 0 amide bonds. The molecule has 3 fully saturated rings. The van der Waals surface area contributed by atoms with E-state index >= 15 is 0 Å². The second kappa shape index (κ2) is 6.17. The molecule has 2 N–H and O–H groups in total. The number of hydrogen-bond donors (Lipinski definition) is 2. The normalized spacial score (nSPS) is 53.8. The molecule has 8 atom stereocenters. The summed E-state index contributed by atoms with van der Waals surface area (Å²) in [6.07, 6.45) is 0.845. The Kier molecular flexibility index (Phi) is 4.87. The highest BCUT2D eigenvalue weighted by Gasteiger charge is 2.48. The maximum atomic E-state index is 11.6. The van der Waals surface area contributed by atoms with Gasteiger partial charge in [-0.05, 0) is 19.9 Å². The summed E-state index contributed by atoms with van der Waals surface area (Å²) in [5.41, 5.74) is 0. The van der Waals surface area contributed by atoms with Crippen LogP contribution in [0.3, 0.4) is 0 Å². The average Bonchev–Trinajstić information content (AvgIpc) is 2.98. The van der Waals surface area contributed by atoms with Gasteiger partial charge in [0.05, 0.1) is 53.9 Å². The summed E-state index contributed by atoms with van der Waals surface area (Å²) in [5.74, 6) is 0.713. The number of nitrogens with zero attached hydrogens (tertiary/aromatic N) is 1. The summed E-state index contributed by atoms with van der Waals surface area (Å²) < 4.78 is 23.1. The third-order valence-corrected chi connectivity index (χ3v) is 11.2. The number of hydrogen-bond acceptors (Lipinski definition) is 7. The van der Waals surface area contributed by atoms with Crippen molar-refractivity contribution in [1.29, 1.82) is 0 Å². The van der Waals surface area contributed by atoms with E-state index in [-0.39, 0.29) is 22.6 Å². The van der Waals surface area contributed by atoms with Crippen molar-refractivity contribution in [3.05, 3.63) is 0 Å². The van der Waals surface area contributed by atoms with Crippen molar-refractivity contribution in [3.8, 4) is 0 Å². The van der Waals surface area contributed by atoms with Crippen LogP contribution in [0, 0.1) is 0 Å². The van der Waals surface area contributed by atoms with Crippen LogP contribution in [0.15, 0.2) is 0 Å². The Morgan fingerprint density at radius 2 is 1.35 bits per heavy atom. The van der Waals surface area contributed by atoms with Gasteiger partial charge in [-0.25, -0.2) is 8.42 Å². The summed E-state index contributed by atoms with van der Waals surface area (Å²) in [5, 5.41) is 20.1. The van der Waals surface area contributed by atoms with Gasteiger partial charge in [-0.15, -0.1) is 0 Å². The summed E-state index contributed by atoms with van der Waals surface area (Å²) in [7, 11) is 2.78. The molecule has 0 aromatic carbocycles. The highest BCUT2D eigenvalue weighted by atomic mass is 33.1. The maximum Gasteiger partial charge on any atom is 0.0834 e. The van der Waals surface area contributed by atoms with Crippen molar-refractivity contribution in [2.24, 2.45) is 0 Å². The predicted molar refractivity (Wildman–Crippen MR) is 85.4 cm³/mol. The Bertz CT molecular complexity index is 399. The number of rotatable bonds is 2. The van der Waals surface area contributed by atoms with Crippen LogP contribution in [-0.2, 0) is 19.7 Å². The lowest BCUT2D eigenvalue weighted by molar-refractivity contribution is 0.122. The van der Waals surface area contributed by atoms with E-state index in [0.717, 1.165) is 12.8 Å². The van der Waals surface area contributed by atoms with Gasteiger partial charge < -0.3 is 10.2 Å². The summed E-state index contributed by atoms with van der Waals surface area (Å²) in [6.45, 7) is 0. The fourth-order valence-corrected chi connectivity index (χ4v) is 10.9. The van der Waals surface area contributed by atoms with E-state index in [2.05, 4.69) is 4.90 Å². The van der Waals surface area contributed by atoms with E-state index in [1.54, 1.807) is 0 Å². The van der Waals surface area contributed by atoms with Gasteiger partial charge in [0.15, 0.2) is 0 Å². The van der Waals surface area contributed by atoms with E-state index in [0.29, 0.717) is 11.5 Å². The quantitative estimate of drug-likeness (QED) is 0.659. The van der Waals surface area contributed by atoms with E-state index < -0.39 is 31.9 Å². The van der Waals surface area contributed by atoms with Crippen LogP contribution in [0.4, 0.5) is 0 Å². The molecule has 0 aromatic heterocycles. The van der Waals surface area contributed by atoms with Crippen molar-refractivity contribution < 1.29 is 18.6 Å². The lowest BCUT2D eigenvalue weighted by atomic mass is 10.1. The molecular formula is C11H19NO4S4. The first-order valence-electron chi connectivity index (χ1n) is 6.66. The Hall–Kier alpha value is 0.880. The second-order valence-corrected chi connectivity index (χ2v) is 12.3. The minimum atomic E-state index is -0.983. The molecule has 3 saturated heterocycles. The maximum absolute atomic E-state index is 11.6. The van der Waals surface area contributed by atoms with Crippen molar-refractivity contribution in [2.45, 2.75) is 47.6 Å². The van der Waals surface area contributed by atoms with Crippen LogP contribution < -0.4 is 0 Å². The molecule has 0 aromatic rings. The predicted octanol–water partition coefficient (Wildman–Crippen LogP) is -0.271. The Labute approximate surface area is 131 Å². The molecule has 9 heteroatoms. The van der Waals surface area contributed by atoms with Crippen LogP contribution in [0.1, 0.15) is 12.8 Å². The van der Waals surface area contributed by atoms with Gasteiger partial charge in [-0.3, -0.25) is 4.90 Å². The smallest absolute Gasteiger partial charge is 0.0834 e. The van der Waals surface area contributed by atoms with Gasteiger partial charge in [-0.2, -0.15) is 0 Å². The van der Waals surface area contributed by atoms with E-state index in [4.69, 9.17) is 0 Å². The first kappa shape index (κ1) is 15.8. The molecule has 0 bridgehead atoms. The SMILES string of the molecule is CN1C(C2SS(=O)CC2O)CCC1C1SS(=O)CC1O. The highest BCUT2D eigenvalue weighted by Crippen LogP contribution is 2.43. The topological polar surface area (TPSA) is 77.8 Å². The van der Waals surface area contributed by atoms with E-state index in [9.17, 15) is 18.6 Å². The fourth-order valence-electron chi connectivity index (χ4n) is 3.35. The molecule has 20 heavy (non-hydrogen) atoms. The average molecular weight is 358 g/mol. The van der Waals surface area contributed by atoms with Crippen LogP contribution in [0.2, 0.25) is 0 Å². The zero-order valence-corrected chi connectivity index (χ0v) is 14.3. The van der Waals surface area contributed by atoms with Crippen molar-refractivity contribution in [3.63, 3.8) is 0 Å². The molecule has 0 aliphatic carbocycles. The van der Waals surface area contributed by atoms with E-state index in [1.165, 1.54) is 21.6 Å². The monoisotopic (exact) mass is 357 g/mol. The molecule has 0 saturated carbocycles. The molecule has 5 nitrogen and oxygen atoms in total. The van der Waals surface area contributed by atoms with Gasteiger partial charge in [-0.1, -0.05) is 21.6 Å². The molecule has 0 radical (unpaired) electrons. The van der Waals surface area contributed by atoms with Crippen LogP contribution in [-0.4, -0.2) is 76.9 Å². The lowest BCUT2D eigenvalue weighted by Crippen LogP contribution is -2.47. The molecular weight excluding hydrogens is 338 g/mol. The van der Waals surface area contributed by atoms with Gasteiger partial charge in [0.1, 0.15) is 0 Å². The second-order valence-electron chi connectivity index (χ2n) is 5.57. The highest BCUT2D eigenvalue weighted by molar-refractivity contribution is 8.70. The molecule has 3 heterocycles. The molecule has 0 spiro atoms. The zero-order chi connectivity index (χ0) is 14.4. The minimum absolute atomic E-state index is 0.0140. The van der Waals surface area contributed by atoms with E-state index in [1.807, 2.05) is 7.05 Å². The third kappa shape index (κ3) is 2.87. The Morgan fingerprint density at radius 1 is 0.950 bits per heavy atom. The molecule has 116 valence electrons.